The fourth-order valence-corrected chi connectivity index (χ4v) is 4.90. The van der Waals surface area contributed by atoms with Gasteiger partial charge >= 0.3 is 5.97 Å². The molecule has 0 aromatic carbocycles. The second-order valence-electron chi connectivity index (χ2n) is 8.76. The van der Waals surface area contributed by atoms with Crippen molar-refractivity contribution >= 4 is 29.1 Å². The van der Waals surface area contributed by atoms with Gasteiger partial charge < -0.3 is 29.1 Å². The fraction of sp³-hybridized carbons (Fsp3) is 0.565. The molecule has 2 aromatic heterocycles. The number of aliphatic carboxylic acids is 1. The number of pyridine rings is 1. The Labute approximate surface area is 203 Å². The number of carbonyl (C=O) groups is 1. The molecular weight excluding hydrogens is 462 g/mol. The van der Waals surface area contributed by atoms with Crippen molar-refractivity contribution in [1.82, 2.24) is 15.0 Å². The van der Waals surface area contributed by atoms with Crippen molar-refractivity contribution in [3.63, 3.8) is 0 Å². The van der Waals surface area contributed by atoms with Crippen molar-refractivity contribution in [1.29, 1.82) is 0 Å². The molecule has 0 spiro atoms. The number of halogens is 1. The molecular formula is C23H30ClN5O5. The van der Waals surface area contributed by atoms with Gasteiger partial charge in [-0.25, -0.2) is 15.0 Å². The van der Waals surface area contributed by atoms with Gasteiger partial charge in [0.05, 0.1) is 48.9 Å². The van der Waals surface area contributed by atoms with Crippen LogP contribution in [0, 0.1) is 5.92 Å². The van der Waals surface area contributed by atoms with Gasteiger partial charge in [0.15, 0.2) is 0 Å². The Kier molecular flexibility index (Phi) is 7.57. The van der Waals surface area contributed by atoms with E-state index in [9.17, 15) is 9.90 Å². The molecule has 34 heavy (non-hydrogen) atoms. The molecule has 4 rings (SSSR count). The van der Waals surface area contributed by atoms with Crippen molar-refractivity contribution in [3.05, 3.63) is 29.7 Å². The molecule has 4 atom stereocenters. The van der Waals surface area contributed by atoms with Crippen LogP contribution in [0.3, 0.4) is 0 Å². The zero-order chi connectivity index (χ0) is 24.2. The zero-order valence-corrected chi connectivity index (χ0v) is 20.3. The third kappa shape index (κ3) is 5.44. The van der Waals surface area contributed by atoms with Crippen LogP contribution in [0.2, 0.25) is 5.02 Å². The number of piperidine rings is 1. The first kappa shape index (κ1) is 24.3. The molecule has 2 aromatic rings. The summed E-state index contributed by atoms with van der Waals surface area (Å²) < 4.78 is 16.8. The van der Waals surface area contributed by atoms with Crippen LogP contribution in [-0.2, 0) is 9.53 Å². The maximum absolute atomic E-state index is 11.3. The number of carboxylic acids is 1. The van der Waals surface area contributed by atoms with Crippen LogP contribution in [0.5, 0.6) is 11.8 Å². The van der Waals surface area contributed by atoms with E-state index >= 15 is 0 Å². The van der Waals surface area contributed by atoms with Gasteiger partial charge in [0, 0.05) is 51.2 Å². The normalized spacial score (nSPS) is 24.8. The van der Waals surface area contributed by atoms with Gasteiger partial charge in [0.25, 0.3) is 0 Å². The van der Waals surface area contributed by atoms with Crippen molar-refractivity contribution < 1.29 is 24.1 Å². The highest BCUT2D eigenvalue weighted by atomic mass is 35.5. The van der Waals surface area contributed by atoms with Crippen LogP contribution in [0.4, 0.5) is 11.5 Å². The Morgan fingerprint density at radius 3 is 2.62 bits per heavy atom. The summed E-state index contributed by atoms with van der Waals surface area (Å²) >= 11 is 6.37. The van der Waals surface area contributed by atoms with E-state index in [1.165, 1.54) is 0 Å². The van der Waals surface area contributed by atoms with E-state index in [2.05, 4.69) is 26.8 Å². The van der Waals surface area contributed by atoms with Crippen molar-refractivity contribution in [2.24, 2.45) is 5.92 Å². The predicted octanol–water partition coefficient (Wildman–Crippen LogP) is 2.90. The molecule has 184 valence electrons. The first-order valence-corrected chi connectivity index (χ1v) is 11.7. The van der Waals surface area contributed by atoms with E-state index in [1.54, 1.807) is 32.8 Å². The second-order valence-corrected chi connectivity index (χ2v) is 9.16. The van der Waals surface area contributed by atoms with Gasteiger partial charge in [-0.05, 0) is 6.42 Å². The largest absolute Gasteiger partial charge is 0.481 e. The topological polar surface area (TPSA) is 110 Å². The van der Waals surface area contributed by atoms with Crippen LogP contribution in [0.15, 0.2) is 24.7 Å². The molecule has 2 aliphatic rings. The van der Waals surface area contributed by atoms with E-state index in [0.29, 0.717) is 35.6 Å². The van der Waals surface area contributed by atoms with Gasteiger partial charge in [-0.15, -0.1) is 0 Å². The Morgan fingerprint density at radius 2 is 1.97 bits per heavy atom. The second kappa shape index (κ2) is 10.6. The molecule has 0 amide bonds. The lowest BCUT2D eigenvalue weighted by molar-refractivity contribution is -0.137. The first-order valence-electron chi connectivity index (χ1n) is 11.3. The number of aromatic nitrogens is 3. The van der Waals surface area contributed by atoms with Gasteiger partial charge in [0.1, 0.15) is 11.9 Å². The van der Waals surface area contributed by atoms with Crippen molar-refractivity contribution in [2.75, 3.05) is 43.7 Å². The van der Waals surface area contributed by atoms with Crippen LogP contribution in [0.25, 0.3) is 0 Å². The summed E-state index contributed by atoms with van der Waals surface area (Å²) in [6.07, 6.45) is 6.30. The summed E-state index contributed by atoms with van der Waals surface area (Å²) in [5.74, 6) is 0.997. The zero-order valence-electron chi connectivity index (χ0n) is 19.6. The number of methoxy groups -OCH3 is 2. The predicted molar refractivity (Wildman–Crippen MR) is 127 cm³/mol. The molecule has 10 nitrogen and oxygen atoms in total. The molecule has 0 aliphatic carbocycles. The monoisotopic (exact) mass is 491 g/mol. The molecule has 0 unspecified atom stereocenters. The highest BCUT2D eigenvalue weighted by Gasteiger charge is 2.35. The van der Waals surface area contributed by atoms with Crippen molar-refractivity contribution in [3.8, 4) is 11.8 Å². The minimum absolute atomic E-state index is 0.0108. The number of ether oxygens (including phenoxy) is 3. The average molecular weight is 492 g/mol. The number of anilines is 2. The van der Waals surface area contributed by atoms with E-state index in [0.717, 1.165) is 25.2 Å². The van der Waals surface area contributed by atoms with Crippen molar-refractivity contribution in [2.45, 2.75) is 44.4 Å². The van der Waals surface area contributed by atoms with E-state index in [1.807, 2.05) is 11.0 Å². The lowest BCUT2D eigenvalue weighted by Gasteiger charge is -2.38. The molecule has 2 fully saturated rings. The number of hydrogen-bond acceptors (Lipinski definition) is 9. The fourth-order valence-electron chi connectivity index (χ4n) is 4.68. The minimum Gasteiger partial charge on any atom is -0.481 e. The number of carboxylic acid groups (broad SMARTS) is 1. The van der Waals surface area contributed by atoms with E-state index < -0.39 is 5.97 Å². The lowest BCUT2D eigenvalue weighted by Crippen LogP contribution is -2.44. The van der Waals surface area contributed by atoms with Crippen LogP contribution >= 0.6 is 11.6 Å². The summed E-state index contributed by atoms with van der Waals surface area (Å²) in [5.41, 5.74) is 0.902. The summed E-state index contributed by atoms with van der Waals surface area (Å²) in [7, 11) is 3.22. The quantitative estimate of drug-likeness (QED) is 0.591. The Hall–Kier alpha value is -2.85. The molecule has 4 heterocycles. The van der Waals surface area contributed by atoms with Gasteiger partial charge in [0.2, 0.25) is 11.8 Å². The standard InChI is InChI=1S/C23H30ClN5O5/c1-14-12-28(18-8-21(33-3)26-9-17(18)24)5-4-19(14)34-22-11-25-20(10-27-22)29-13-16(32-2)6-15(29)7-23(30)31/h8-11,14-16,19H,4-7,12-13H2,1-3H3,(H,30,31)/t14-,15-,16-,19-/m1/s1. The molecule has 0 radical (unpaired) electrons. The summed E-state index contributed by atoms with van der Waals surface area (Å²) in [4.78, 5) is 28.5. The summed E-state index contributed by atoms with van der Waals surface area (Å²) in [6, 6.07) is 1.68. The number of nitrogens with zero attached hydrogens (tertiary/aromatic N) is 5. The number of hydrogen-bond donors (Lipinski definition) is 1. The van der Waals surface area contributed by atoms with Gasteiger partial charge in [-0.2, -0.15) is 0 Å². The third-order valence-corrected chi connectivity index (χ3v) is 6.78. The maximum Gasteiger partial charge on any atom is 0.305 e. The minimum atomic E-state index is -0.841. The molecule has 2 aliphatic heterocycles. The summed E-state index contributed by atoms with van der Waals surface area (Å²) in [6.45, 7) is 4.26. The lowest BCUT2D eigenvalue weighted by atomic mass is 9.96. The van der Waals surface area contributed by atoms with E-state index in [-0.39, 0.29) is 30.6 Å². The molecule has 2 saturated heterocycles. The average Bonchev–Trinajstić information content (AvgIpc) is 3.23. The Balaban J connectivity index is 1.38. The molecule has 0 bridgehead atoms. The highest BCUT2D eigenvalue weighted by Crippen LogP contribution is 2.33. The summed E-state index contributed by atoms with van der Waals surface area (Å²) in [5, 5.41) is 9.83. The van der Waals surface area contributed by atoms with Gasteiger partial charge in [-0.1, -0.05) is 18.5 Å². The van der Waals surface area contributed by atoms with Crippen LogP contribution in [-0.4, -0.2) is 78.1 Å². The molecule has 1 N–H and O–H groups in total. The van der Waals surface area contributed by atoms with Crippen LogP contribution in [0.1, 0.15) is 26.2 Å². The van der Waals surface area contributed by atoms with Gasteiger partial charge in [-0.3, -0.25) is 4.79 Å². The highest BCUT2D eigenvalue weighted by molar-refractivity contribution is 6.33. The maximum atomic E-state index is 11.3. The molecule has 0 saturated carbocycles. The first-order chi connectivity index (χ1) is 16.4. The number of rotatable bonds is 8. The van der Waals surface area contributed by atoms with E-state index in [4.69, 9.17) is 25.8 Å². The Bertz CT molecular complexity index is 994. The Morgan fingerprint density at radius 1 is 1.18 bits per heavy atom. The third-order valence-electron chi connectivity index (χ3n) is 6.49. The molecule has 11 heteroatoms. The van der Waals surface area contributed by atoms with Crippen LogP contribution < -0.4 is 19.3 Å². The SMILES string of the molecule is COc1cc(N2CC[C@@H](Oc3cnc(N4C[C@H](OC)C[C@@H]4CC(=O)O)cn3)[C@H](C)C2)c(Cl)cn1. The smallest absolute Gasteiger partial charge is 0.305 e.